The third-order valence-corrected chi connectivity index (χ3v) is 3.66. The molecule has 21 heavy (non-hydrogen) atoms. The number of ether oxygens (including phenoxy) is 2. The summed E-state index contributed by atoms with van der Waals surface area (Å²) in [6, 6.07) is 14.2. The zero-order chi connectivity index (χ0) is 14.8. The van der Waals surface area contributed by atoms with Gasteiger partial charge >= 0.3 is 0 Å². The smallest absolute Gasteiger partial charge is 0.123 e. The standard InChI is InChI=1S/C18H19NO2/c1-13-7-8-17-14(11-19(2)18(17)9-13)12-21-16-6-4-5-15(10-16)20-3/h4-11H,12H2,1-3H3. The van der Waals surface area contributed by atoms with Crippen molar-refractivity contribution in [1.29, 1.82) is 0 Å². The Labute approximate surface area is 124 Å². The van der Waals surface area contributed by atoms with E-state index in [1.165, 1.54) is 22.0 Å². The number of hydrogen-bond donors (Lipinski definition) is 0. The minimum atomic E-state index is 0.549. The van der Waals surface area contributed by atoms with Crippen molar-refractivity contribution in [3.63, 3.8) is 0 Å². The number of fused-ring (bicyclic) bond motifs is 1. The molecule has 0 atom stereocenters. The summed E-state index contributed by atoms with van der Waals surface area (Å²) in [6.45, 7) is 2.66. The van der Waals surface area contributed by atoms with E-state index < -0.39 is 0 Å². The first kappa shape index (κ1) is 13.6. The van der Waals surface area contributed by atoms with Crippen LogP contribution in [0.15, 0.2) is 48.7 Å². The second-order valence-electron chi connectivity index (χ2n) is 5.25. The second-order valence-corrected chi connectivity index (χ2v) is 5.25. The van der Waals surface area contributed by atoms with Gasteiger partial charge in [-0.25, -0.2) is 0 Å². The van der Waals surface area contributed by atoms with Gasteiger partial charge in [0.15, 0.2) is 0 Å². The molecule has 0 aliphatic heterocycles. The number of hydrogen-bond acceptors (Lipinski definition) is 2. The predicted molar refractivity (Wildman–Crippen MR) is 85.0 cm³/mol. The molecule has 3 heteroatoms. The molecule has 108 valence electrons. The lowest BCUT2D eigenvalue weighted by atomic mass is 10.1. The molecule has 1 aromatic heterocycles. The van der Waals surface area contributed by atoms with E-state index in [-0.39, 0.29) is 0 Å². The summed E-state index contributed by atoms with van der Waals surface area (Å²) in [5.41, 5.74) is 3.69. The van der Waals surface area contributed by atoms with E-state index >= 15 is 0 Å². The van der Waals surface area contributed by atoms with Crippen LogP contribution in [0.1, 0.15) is 11.1 Å². The average Bonchev–Trinajstić information content (AvgIpc) is 2.81. The fourth-order valence-corrected chi connectivity index (χ4v) is 2.54. The fraction of sp³-hybridized carbons (Fsp3) is 0.222. The van der Waals surface area contributed by atoms with Crippen molar-refractivity contribution >= 4 is 10.9 Å². The molecule has 3 nitrogen and oxygen atoms in total. The van der Waals surface area contributed by atoms with Crippen LogP contribution in [0.3, 0.4) is 0 Å². The molecule has 2 aromatic carbocycles. The van der Waals surface area contributed by atoms with E-state index in [4.69, 9.17) is 9.47 Å². The lowest BCUT2D eigenvalue weighted by Crippen LogP contribution is -1.95. The molecular weight excluding hydrogens is 262 g/mol. The first-order chi connectivity index (χ1) is 10.2. The maximum absolute atomic E-state index is 5.89. The highest BCUT2D eigenvalue weighted by molar-refractivity contribution is 5.84. The van der Waals surface area contributed by atoms with Gasteiger partial charge in [0.05, 0.1) is 7.11 Å². The van der Waals surface area contributed by atoms with Crippen LogP contribution in [0.4, 0.5) is 0 Å². The molecule has 0 amide bonds. The largest absolute Gasteiger partial charge is 0.497 e. The zero-order valence-electron chi connectivity index (χ0n) is 12.6. The lowest BCUT2D eigenvalue weighted by Gasteiger charge is -2.07. The van der Waals surface area contributed by atoms with Crippen molar-refractivity contribution in [3.05, 3.63) is 59.8 Å². The van der Waals surface area contributed by atoms with Crippen LogP contribution in [-0.2, 0) is 13.7 Å². The quantitative estimate of drug-likeness (QED) is 0.719. The highest BCUT2D eigenvalue weighted by Crippen LogP contribution is 2.24. The normalized spacial score (nSPS) is 10.8. The SMILES string of the molecule is COc1cccc(OCc2cn(C)c3cc(C)ccc23)c1. The number of aromatic nitrogens is 1. The van der Waals surface area contributed by atoms with E-state index in [1.807, 2.05) is 24.3 Å². The van der Waals surface area contributed by atoms with Crippen molar-refractivity contribution in [1.82, 2.24) is 4.57 Å². The van der Waals surface area contributed by atoms with Crippen LogP contribution in [0.2, 0.25) is 0 Å². The molecule has 3 aromatic rings. The minimum absolute atomic E-state index is 0.549. The summed E-state index contributed by atoms with van der Waals surface area (Å²) in [7, 11) is 3.73. The van der Waals surface area contributed by atoms with Crippen LogP contribution >= 0.6 is 0 Å². The summed E-state index contributed by atoms with van der Waals surface area (Å²) < 4.78 is 13.2. The summed E-state index contributed by atoms with van der Waals surface area (Å²) in [5, 5.41) is 1.24. The molecule has 0 spiro atoms. The molecule has 0 radical (unpaired) electrons. The van der Waals surface area contributed by atoms with Gasteiger partial charge in [0.1, 0.15) is 18.1 Å². The van der Waals surface area contributed by atoms with Gasteiger partial charge < -0.3 is 14.0 Å². The van der Waals surface area contributed by atoms with Crippen LogP contribution in [0.5, 0.6) is 11.5 Å². The third kappa shape index (κ3) is 2.72. The average molecular weight is 281 g/mol. The maximum Gasteiger partial charge on any atom is 0.123 e. The van der Waals surface area contributed by atoms with Crippen molar-refractivity contribution in [2.75, 3.05) is 7.11 Å². The molecule has 0 N–H and O–H groups in total. The van der Waals surface area contributed by atoms with Gasteiger partial charge in [0.2, 0.25) is 0 Å². The first-order valence-electron chi connectivity index (χ1n) is 6.99. The number of rotatable bonds is 4. The lowest BCUT2D eigenvalue weighted by molar-refractivity contribution is 0.305. The molecule has 0 bridgehead atoms. The molecule has 0 fully saturated rings. The van der Waals surface area contributed by atoms with Gasteiger partial charge in [0.25, 0.3) is 0 Å². The van der Waals surface area contributed by atoms with Crippen molar-refractivity contribution in [3.8, 4) is 11.5 Å². The highest BCUT2D eigenvalue weighted by atomic mass is 16.5. The number of aryl methyl sites for hydroxylation is 2. The van der Waals surface area contributed by atoms with E-state index in [0.29, 0.717) is 6.61 Å². The van der Waals surface area contributed by atoms with Gasteiger partial charge in [-0.3, -0.25) is 0 Å². The summed E-state index contributed by atoms with van der Waals surface area (Å²) in [6.07, 6.45) is 2.13. The Morgan fingerprint density at radius 3 is 2.67 bits per heavy atom. The van der Waals surface area contributed by atoms with Crippen LogP contribution in [0.25, 0.3) is 10.9 Å². The van der Waals surface area contributed by atoms with Gasteiger partial charge in [-0.1, -0.05) is 18.2 Å². The van der Waals surface area contributed by atoms with E-state index in [2.05, 4.69) is 42.9 Å². The Bertz CT molecular complexity index is 774. The van der Waals surface area contributed by atoms with E-state index in [1.54, 1.807) is 7.11 Å². The van der Waals surface area contributed by atoms with Crippen LogP contribution in [0, 0.1) is 6.92 Å². The monoisotopic (exact) mass is 281 g/mol. The Kier molecular flexibility index (Phi) is 3.57. The number of benzene rings is 2. The van der Waals surface area contributed by atoms with E-state index in [0.717, 1.165) is 11.5 Å². The Morgan fingerprint density at radius 2 is 1.86 bits per heavy atom. The molecule has 0 aliphatic carbocycles. The summed E-state index contributed by atoms with van der Waals surface area (Å²) in [5.74, 6) is 1.62. The highest BCUT2D eigenvalue weighted by Gasteiger charge is 2.07. The number of methoxy groups -OCH3 is 1. The van der Waals surface area contributed by atoms with Crippen LogP contribution in [-0.4, -0.2) is 11.7 Å². The number of nitrogens with zero attached hydrogens (tertiary/aromatic N) is 1. The van der Waals surface area contributed by atoms with Crippen molar-refractivity contribution in [2.24, 2.45) is 7.05 Å². The molecule has 0 aliphatic rings. The zero-order valence-corrected chi connectivity index (χ0v) is 12.6. The Morgan fingerprint density at radius 1 is 1.05 bits per heavy atom. The fourth-order valence-electron chi connectivity index (χ4n) is 2.54. The van der Waals surface area contributed by atoms with Crippen molar-refractivity contribution < 1.29 is 9.47 Å². The molecule has 0 unspecified atom stereocenters. The third-order valence-electron chi connectivity index (χ3n) is 3.66. The maximum atomic E-state index is 5.89. The van der Waals surface area contributed by atoms with E-state index in [9.17, 15) is 0 Å². The van der Waals surface area contributed by atoms with Gasteiger partial charge in [-0.15, -0.1) is 0 Å². The summed E-state index contributed by atoms with van der Waals surface area (Å²) in [4.78, 5) is 0. The second kappa shape index (κ2) is 5.52. The Hall–Kier alpha value is -2.42. The first-order valence-corrected chi connectivity index (χ1v) is 6.99. The van der Waals surface area contributed by atoms with Gasteiger partial charge in [-0.05, 0) is 30.7 Å². The molecular formula is C18H19NO2. The molecule has 0 saturated carbocycles. The molecule has 3 rings (SSSR count). The minimum Gasteiger partial charge on any atom is -0.497 e. The topological polar surface area (TPSA) is 23.4 Å². The van der Waals surface area contributed by atoms with Gasteiger partial charge in [-0.2, -0.15) is 0 Å². The van der Waals surface area contributed by atoms with Crippen LogP contribution < -0.4 is 9.47 Å². The molecule has 1 heterocycles. The summed E-state index contributed by atoms with van der Waals surface area (Å²) >= 11 is 0. The van der Waals surface area contributed by atoms with Gasteiger partial charge in [0, 0.05) is 35.8 Å². The molecule has 0 saturated heterocycles. The van der Waals surface area contributed by atoms with Crippen molar-refractivity contribution in [2.45, 2.75) is 13.5 Å². The predicted octanol–water partition coefficient (Wildman–Crippen LogP) is 4.07. The Balaban J connectivity index is 1.85.